The smallest absolute Gasteiger partial charge is 0.304 e. The molecular formula is C21H33NO2. The Morgan fingerprint density at radius 2 is 1.75 bits per heavy atom. The molecule has 0 aromatic heterocycles. The fourth-order valence-electron chi connectivity index (χ4n) is 3.59. The van der Waals surface area contributed by atoms with Crippen LogP contribution in [-0.4, -0.2) is 29.1 Å². The Labute approximate surface area is 147 Å². The van der Waals surface area contributed by atoms with Gasteiger partial charge in [0, 0.05) is 19.6 Å². The monoisotopic (exact) mass is 331 g/mol. The Morgan fingerprint density at radius 3 is 2.29 bits per heavy atom. The van der Waals surface area contributed by atoms with Crippen molar-refractivity contribution in [2.45, 2.75) is 71.3 Å². The molecular weight excluding hydrogens is 298 g/mol. The summed E-state index contributed by atoms with van der Waals surface area (Å²) in [5, 5.41) is 9.03. The number of carboxylic acid groups (broad SMARTS) is 1. The van der Waals surface area contributed by atoms with Gasteiger partial charge in [-0.15, -0.1) is 0 Å². The van der Waals surface area contributed by atoms with E-state index in [1.54, 1.807) is 0 Å². The van der Waals surface area contributed by atoms with Crippen molar-refractivity contribution in [3.05, 3.63) is 35.4 Å². The highest BCUT2D eigenvalue weighted by molar-refractivity contribution is 5.66. The van der Waals surface area contributed by atoms with Crippen LogP contribution in [0.4, 0.5) is 0 Å². The largest absolute Gasteiger partial charge is 0.481 e. The number of nitrogens with zero attached hydrogens (tertiary/aromatic N) is 1. The molecule has 3 nitrogen and oxygen atoms in total. The lowest BCUT2D eigenvalue weighted by Crippen LogP contribution is -2.32. The third-order valence-electron chi connectivity index (χ3n) is 5.11. The molecule has 1 aromatic rings. The van der Waals surface area contributed by atoms with E-state index in [2.05, 4.69) is 49.9 Å². The summed E-state index contributed by atoms with van der Waals surface area (Å²) in [6.45, 7) is 9.22. The van der Waals surface area contributed by atoms with E-state index >= 15 is 0 Å². The van der Waals surface area contributed by atoms with Crippen LogP contribution in [0.2, 0.25) is 0 Å². The fourth-order valence-corrected chi connectivity index (χ4v) is 3.59. The fraction of sp³-hybridized carbons (Fsp3) is 0.667. The van der Waals surface area contributed by atoms with E-state index in [1.807, 2.05) is 0 Å². The first-order valence-electron chi connectivity index (χ1n) is 9.38. The molecule has 1 fully saturated rings. The van der Waals surface area contributed by atoms with Gasteiger partial charge < -0.3 is 5.11 Å². The maximum Gasteiger partial charge on any atom is 0.304 e. The number of hydrogen-bond donors (Lipinski definition) is 1. The average molecular weight is 332 g/mol. The summed E-state index contributed by atoms with van der Waals surface area (Å²) in [6.07, 6.45) is 6.85. The van der Waals surface area contributed by atoms with E-state index in [0.29, 0.717) is 6.54 Å². The van der Waals surface area contributed by atoms with E-state index in [4.69, 9.17) is 5.11 Å². The SMILES string of the molecule is CC(C)(C)c1ccc(CN(CCC(=O)O)CC2CCCCC2)cc1. The van der Waals surface area contributed by atoms with Gasteiger partial charge in [-0.2, -0.15) is 0 Å². The highest BCUT2D eigenvalue weighted by atomic mass is 16.4. The predicted octanol–water partition coefficient (Wildman–Crippen LogP) is 4.84. The second-order valence-corrected chi connectivity index (χ2v) is 8.33. The lowest BCUT2D eigenvalue weighted by atomic mass is 9.86. The Morgan fingerprint density at radius 1 is 1.12 bits per heavy atom. The van der Waals surface area contributed by atoms with E-state index in [1.165, 1.54) is 43.2 Å². The summed E-state index contributed by atoms with van der Waals surface area (Å²) in [7, 11) is 0. The zero-order valence-corrected chi connectivity index (χ0v) is 15.6. The molecule has 0 spiro atoms. The lowest BCUT2D eigenvalue weighted by molar-refractivity contribution is -0.137. The molecule has 0 radical (unpaired) electrons. The second kappa shape index (κ2) is 8.66. The van der Waals surface area contributed by atoms with E-state index < -0.39 is 5.97 Å². The number of rotatable bonds is 7. The summed E-state index contributed by atoms with van der Waals surface area (Å²) in [4.78, 5) is 13.3. The Balaban J connectivity index is 1.98. The summed E-state index contributed by atoms with van der Waals surface area (Å²) in [6, 6.07) is 8.83. The molecule has 1 aliphatic carbocycles. The van der Waals surface area contributed by atoms with Gasteiger partial charge in [0.1, 0.15) is 0 Å². The van der Waals surface area contributed by atoms with Crippen molar-refractivity contribution in [3.63, 3.8) is 0 Å². The van der Waals surface area contributed by atoms with Gasteiger partial charge in [0.25, 0.3) is 0 Å². The quantitative estimate of drug-likeness (QED) is 0.777. The molecule has 3 heteroatoms. The molecule has 0 bridgehead atoms. The van der Waals surface area contributed by atoms with Crippen LogP contribution in [0.1, 0.15) is 70.4 Å². The highest BCUT2D eigenvalue weighted by Gasteiger charge is 2.19. The maximum atomic E-state index is 11.0. The van der Waals surface area contributed by atoms with Crippen LogP contribution < -0.4 is 0 Å². The maximum absolute atomic E-state index is 11.0. The molecule has 0 unspecified atom stereocenters. The van der Waals surface area contributed by atoms with Gasteiger partial charge in [0.05, 0.1) is 6.42 Å². The molecule has 134 valence electrons. The first-order chi connectivity index (χ1) is 11.3. The molecule has 24 heavy (non-hydrogen) atoms. The molecule has 0 atom stereocenters. The number of hydrogen-bond acceptors (Lipinski definition) is 2. The predicted molar refractivity (Wildman–Crippen MR) is 99.2 cm³/mol. The van der Waals surface area contributed by atoms with Crippen molar-refractivity contribution in [2.24, 2.45) is 5.92 Å². The molecule has 0 amide bonds. The van der Waals surface area contributed by atoms with Gasteiger partial charge in [-0.25, -0.2) is 0 Å². The molecule has 0 heterocycles. The van der Waals surface area contributed by atoms with Crippen LogP contribution in [0.25, 0.3) is 0 Å². The Bertz CT molecular complexity index is 510. The first-order valence-corrected chi connectivity index (χ1v) is 9.38. The summed E-state index contributed by atoms with van der Waals surface area (Å²) >= 11 is 0. The minimum absolute atomic E-state index is 0.170. The van der Waals surface area contributed by atoms with Gasteiger partial charge in [-0.3, -0.25) is 9.69 Å². The summed E-state index contributed by atoms with van der Waals surface area (Å²) < 4.78 is 0. The lowest BCUT2D eigenvalue weighted by Gasteiger charge is -2.29. The molecule has 2 rings (SSSR count). The molecule has 1 saturated carbocycles. The first kappa shape index (κ1) is 19.0. The molecule has 1 aromatic carbocycles. The number of carbonyl (C=O) groups is 1. The van der Waals surface area contributed by atoms with Gasteiger partial charge in [-0.05, 0) is 35.3 Å². The third-order valence-corrected chi connectivity index (χ3v) is 5.11. The Kier molecular flexibility index (Phi) is 6.85. The molecule has 0 aliphatic heterocycles. The Hall–Kier alpha value is -1.35. The van der Waals surface area contributed by atoms with Crippen molar-refractivity contribution in [1.82, 2.24) is 4.90 Å². The zero-order valence-electron chi connectivity index (χ0n) is 15.6. The van der Waals surface area contributed by atoms with Gasteiger partial charge >= 0.3 is 5.97 Å². The van der Waals surface area contributed by atoms with Crippen LogP contribution in [0.3, 0.4) is 0 Å². The third kappa shape index (κ3) is 6.27. The van der Waals surface area contributed by atoms with Crippen LogP contribution in [0, 0.1) is 5.92 Å². The van der Waals surface area contributed by atoms with E-state index in [0.717, 1.165) is 19.0 Å². The van der Waals surface area contributed by atoms with Crippen LogP contribution in [0.5, 0.6) is 0 Å². The van der Waals surface area contributed by atoms with Crippen molar-refractivity contribution in [1.29, 1.82) is 0 Å². The second-order valence-electron chi connectivity index (χ2n) is 8.33. The van der Waals surface area contributed by atoms with Crippen LogP contribution >= 0.6 is 0 Å². The van der Waals surface area contributed by atoms with Gasteiger partial charge in [0.2, 0.25) is 0 Å². The number of carboxylic acids is 1. The highest BCUT2D eigenvalue weighted by Crippen LogP contribution is 2.26. The van der Waals surface area contributed by atoms with Crippen molar-refractivity contribution in [3.8, 4) is 0 Å². The van der Waals surface area contributed by atoms with Crippen molar-refractivity contribution < 1.29 is 9.90 Å². The van der Waals surface area contributed by atoms with Gasteiger partial charge in [0.15, 0.2) is 0 Å². The number of benzene rings is 1. The zero-order chi connectivity index (χ0) is 17.6. The van der Waals surface area contributed by atoms with Crippen molar-refractivity contribution in [2.75, 3.05) is 13.1 Å². The number of aliphatic carboxylic acids is 1. The van der Waals surface area contributed by atoms with Crippen molar-refractivity contribution >= 4 is 5.97 Å². The molecule has 1 N–H and O–H groups in total. The standard InChI is InChI=1S/C21H33NO2/c1-21(2,3)19-11-9-18(10-12-19)16-22(14-13-20(23)24)15-17-7-5-4-6-8-17/h9-12,17H,4-8,13-16H2,1-3H3,(H,23,24). The van der Waals surface area contributed by atoms with Crippen LogP contribution in [0.15, 0.2) is 24.3 Å². The van der Waals surface area contributed by atoms with E-state index in [9.17, 15) is 4.79 Å². The summed E-state index contributed by atoms with van der Waals surface area (Å²) in [5.74, 6) is 0.0353. The normalized spacial score (nSPS) is 16.5. The minimum Gasteiger partial charge on any atom is -0.481 e. The summed E-state index contributed by atoms with van der Waals surface area (Å²) in [5.41, 5.74) is 2.80. The van der Waals surface area contributed by atoms with Crippen LogP contribution in [-0.2, 0) is 16.8 Å². The molecule has 1 aliphatic rings. The molecule has 0 saturated heterocycles. The topological polar surface area (TPSA) is 40.5 Å². The average Bonchev–Trinajstić information content (AvgIpc) is 2.53. The van der Waals surface area contributed by atoms with E-state index in [-0.39, 0.29) is 11.8 Å². The van der Waals surface area contributed by atoms with Gasteiger partial charge in [-0.1, -0.05) is 64.3 Å². The minimum atomic E-state index is -0.702.